The summed E-state index contributed by atoms with van der Waals surface area (Å²) in [6.07, 6.45) is 3.81. The van der Waals surface area contributed by atoms with Crippen molar-refractivity contribution in [3.8, 4) is 0 Å². The molecule has 0 aliphatic carbocycles. The minimum Gasteiger partial charge on any atom is -0.337 e. The molecule has 0 bridgehead atoms. The molecule has 2 aromatic heterocycles. The summed E-state index contributed by atoms with van der Waals surface area (Å²) in [5, 5.41) is 0. The summed E-state index contributed by atoms with van der Waals surface area (Å²) in [6.45, 7) is 0.846. The molecule has 0 atom stereocenters. The molecule has 0 amide bonds. The molecule has 2 aromatic rings. The lowest BCUT2D eigenvalue weighted by molar-refractivity contribution is 0.796. The van der Waals surface area contributed by atoms with Gasteiger partial charge in [0.15, 0.2) is 4.77 Å². The van der Waals surface area contributed by atoms with E-state index in [1.807, 2.05) is 17.0 Å². The number of rotatable bonds is 2. The Bertz CT molecular complexity index is 454. The van der Waals surface area contributed by atoms with E-state index in [4.69, 9.17) is 12.2 Å². The van der Waals surface area contributed by atoms with E-state index in [9.17, 15) is 0 Å². The zero-order valence-corrected chi connectivity index (χ0v) is 9.88. The molecule has 0 spiro atoms. The zero-order valence-electron chi connectivity index (χ0n) is 6.66. The van der Waals surface area contributed by atoms with E-state index < -0.39 is 0 Å². The Morgan fingerprint density at radius 1 is 1.54 bits per heavy atom. The molecule has 2 heterocycles. The molecule has 0 aliphatic rings. The number of imidazole rings is 1. The Kier molecular flexibility index (Phi) is 2.66. The van der Waals surface area contributed by atoms with Gasteiger partial charge in [0.2, 0.25) is 0 Å². The highest BCUT2D eigenvalue weighted by atomic mass is 79.9. The van der Waals surface area contributed by atoms with Crippen LogP contribution in [-0.4, -0.2) is 9.55 Å². The van der Waals surface area contributed by atoms with E-state index in [0.29, 0.717) is 0 Å². The minimum absolute atomic E-state index is 0.768. The summed E-state index contributed by atoms with van der Waals surface area (Å²) in [4.78, 5) is 4.26. The number of aromatic amines is 1. The van der Waals surface area contributed by atoms with Gasteiger partial charge in [0.05, 0.1) is 10.3 Å². The van der Waals surface area contributed by atoms with Gasteiger partial charge >= 0.3 is 0 Å². The molecule has 0 radical (unpaired) electrons. The largest absolute Gasteiger partial charge is 0.337 e. The van der Waals surface area contributed by atoms with Crippen molar-refractivity contribution in [3.05, 3.63) is 38.0 Å². The van der Waals surface area contributed by atoms with Crippen LogP contribution < -0.4 is 0 Å². The van der Waals surface area contributed by atoms with Gasteiger partial charge in [0.25, 0.3) is 0 Å². The Labute approximate surface area is 93.4 Å². The Hall–Kier alpha value is -0.390. The molecule has 2 rings (SSSR count). The van der Waals surface area contributed by atoms with Crippen LogP contribution in [0, 0.1) is 4.77 Å². The lowest BCUT2D eigenvalue weighted by Crippen LogP contribution is -1.95. The standard InChI is InChI=1S/C8H7BrN2S2/c9-7-2-1-6(13-7)5-11-4-3-10-8(11)12/h1-4H,5H2,(H,10,12). The number of H-pyrrole nitrogens is 1. The second kappa shape index (κ2) is 3.77. The van der Waals surface area contributed by atoms with Crippen LogP contribution in [0.15, 0.2) is 28.3 Å². The highest BCUT2D eigenvalue weighted by molar-refractivity contribution is 9.11. The molecule has 0 fully saturated rings. The second-order valence-corrected chi connectivity index (χ2v) is 5.53. The fourth-order valence-electron chi connectivity index (χ4n) is 1.08. The van der Waals surface area contributed by atoms with Crippen molar-refractivity contribution >= 4 is 39.5 Å². The van der Waals surface area contributed by atoms with Crippen LogP contribution in [0.2, 0.25) is 0 Å². The molecule has 5 heteroatoms. The van der Waals surface area contributed by atoms with Crippen LogP contribution >= 0.6 is 39.5 Å². The first-order valence-electron chi connectivity index (χ1n) is 3.74. The van der Waals surface area contributed by atoms with Gasteiger partial charge in [0.1, 0.15) is 0 Å². The maximum absolute atomic E-state index is 5.09. The predicted molar refractivity (Wildman–Crippen MR) is 60.7 cm³/mol. The van der Waals surface area contributed by atoms with E-state index in [-0.39, 0.29) is 0 Å². The number of thiophene rings is 1. The summed E-state index contributed by atoms with van der Waals surface area (Å²) in [5.41, 5.74) is 0. The summed E-state index contributed by atoms with van der Waals surface area (Å²) in [7, 11) is 0. The maximum atomic E-state index is 5.09. The molecule has 0 aromatic carbocycles. The van der Waals surface area contributed by atoms with Gasteiger partial charge in [-0.2, -0.15) is 0 Å². The smallest absolute Gasteiger partial charge is 0.177 e. The van der Waals surface area contributed by atoms with Crippen molar-refractivity contribution in [2.45, 2.75) is 6.54 Å². The number of hydrogen-bond acceptors (Lipinski definition) is 2. The van der Waals surface area contributed by atoms with Gasteiger partial charge in [-0.25, -0.2) is 0 Å². The Balaban J connectivity index is 2.24. The average molecular weight is 275 g/mol. The molecule has 0 saturated carbocycles. The molecule has 0 saturated heterocycles. The first kappa shape index (κ1) is 9.18. The Morgan fingerprint density at radius 2 is 2.38 bits per heavy atom. The normalized spacial score (nSPS) is 10.5. The van der Waals surface area contributed by atoms with Crippen molar-refractivity contribution in [1.29, 1.82) is 0 Å². The first-order valence-corrected chi connectivity index (χ1v) is 5.75. The third kappa shape index (κ3) is 2.10. The minimum atomic E-state index is 0.768. The van der Waals surface area contributed by atoms with Gasteiger partial charge in [-0.15, -0.1) is 11.3 Å². The quantitative estimate of drug-likeness (QED) is 0.833. The highest BCUT2D eigenvalue weighted by Crippen LogP contribution is 2.22. The molecule has 0 unspecified atom stereocenters. The predicted octanol–water partition coefficient (Wildman–Crippen LogP) is 3.42. The maximum Gasteiger partial charge on any atom is 0.177 e. The van der Waals surface area contributed by atoms with Gasteiger partial charge in [-0.1, -0.05) is 0 Å². The van der Waals surface area contributed by atoms with Crippen molar-refractivity contribution in [2.24, 2.45) is 0 Å². The van der Waals surface area contributed by atoms with E-state index in [1.54, 1.807) is 11.3 Å². The van der Waals surface area contributed by atoms with Crippen LogP contribution in [0.3, 0.4) is 0 Å². The number of nitrogens with zero attached hydrogens (tertiary/aromatic N) is 1. The fraction of sp³-hybridized carbons (Fsp3) is 0.125. The summed E-state index contributed by atoms with van der Waals surface area (Å²) in [5.74, 6) is 0. The topological polar surface area (TPSA) is 20.7 Å². The van der Waals surface area contributed by atoms with E-state index in [0.717, 1.165) is 15.1 Å². The van der Waals surface area contributed by atoms with Crippen molar-refractivity contribution in [1.82, 2.24) is 9.55 Å². The molecule has 13 heavy (non-hydrogen) atoms. The summed E-state index contributed by atoms with van der Waals surface area (Å²) in [6, 6.07) is 4.15. The SMILES string of the molecule is S=c1[nH]ccn1Cc1ccc(Br)s1. The highest BCUT2D eigenvalue weighted by Gasteiger charge is 1.99. The lowest BCUT2D eigenvalue weighted by atomic mass is 10.5. The Morgan fingerprint density at radius 3 is 2.92 bits per heavy atom. The van der Waals surface area contributed by atoms with Crippen LogP contribution in [0.4, 0.5) is 0 Å². The van der Waals surface area contributed by atoms with Crippen LogP contribution in [-0.2, 0) is 6.54 Å². The third-order valence-corrected chi connectivity index (χ3v) is 3.64. The van der Waals surface area contributed by atoms with Crippen LogP contribution in [0.5, 0.6) is 0 Å². The van der Waals surface area contributed by atoms with Crippen LogP contribution in [0.1, 0.15) is 4.88 Å². The van der Waals surface area contributed by atoms with Gasteiger partial charge in [-0.05, 0) is 40.3 Å². The van der Waals surface area contributed by atoms with Crippen molar-refractivity contribution in [3.63, 3.8) is 0 Å². The van der Waals surface area contributed by atoms with E-state index in [2.05, 4.69) is 33.0 Å². The lowest BCUT2D eigenvalue weighted by Gasteiger charge is -1.97. The summed E-state index contributed by atoms with van der Waals surface area (Å²) < 4.78 is 3.93. The number of hydrogen-bond donors (Lipinski definition) is 1. The molecular weight excluding hydrogens is 268 g/mol. The van der Waals surface area contributed by atoms with E-state index in [1.165, 1.54) is 4.88 Å². The molecule has 0 aliphatic heterocycles. The molecular formula is C8H7BrN2S2. The molecule has 2 nitrogen and oxygen atoms in total. The molecule has 1 N–H and O–H groups in total. The third-order valence-electron chi connectivity index (χ3n) is 1.68. The van der Waals surface area contributed by atoms with E-state index >= 15 is 0 Å². The van der Waals surface area contributed by atoms with Crippen molar-refractivity contribution in [2.75, 3.05) is 0 Å². The number of nitrogens with one attached hydrogen (secondary N) is 1. The first-order chi connectivity index (χ1) is 6.25. The van der Waals surface area contributed by atoms with Gasteiger partial charge in [-0.3, -0.25) is 0 Å². The average Bonchev–Trinajstić information content (AvgIpc) is 2.64. The number of aromatic nitrogens is 2. The second-order valence-electron chi connectivity index (χ2n) is 2.60. The number of halogens is 1. The molecule has 68 valence electrons. The van der Waals surface area contributed by atoms with Crippen LogP contribution in [0.25, 0.3) is 0 Å². The zero-order chi connectivity index (χ0) is 9.26. The monoisotopic (exact) mass is 274 g/mol. The van der Waals surface area contributed by atoms with Gasteiger partial charge in [0, 0.05) is 17.3 Å². The van der Waals surface area contributed by atoms with Crippen molar-refractivity contribution < 1.29 is 0 Å². The van der Waals surface area contributed by atoms with Gasteiger partial charge < -0.3 is 9.55 Å². The summed E-state index contributed by atoms with van der Waals surface area (Å²) >= 11 is 10.3. The fourth-order valence-corrected chi connectivity index (χ4v) is 2.75.